The van der Waals surface area contributed by atoms with Crippen LogP contribution in [0.15, 0.2) is 60.0 Å². The summed E-state index contributed by atoms with van der Waals surface area (Å²) in [6.07, 6.45) is 2.45. The number of thiophene rings is 1. The minimum atomic E-state index is -0.334. The molecule has 1 saturated heterocycles. The van der Waals surface area contributed by atoms with Crippen molar-refractivity contribution in [2.45, 2.75) is 31.4 Å². The Morgan fingerprint density at radius 1 is 1.16 bits per heavy atom. The molecule has 38 heavy (non-hydrogen) atoms. The number of carbonyl (C=O) groups is 2. The van der Waals surface area contributed by atoms with Crippen LogP contribution in [0.5, 0.6) is 11.5 Å². The van der Waals surface area contributed by atoms with Crippen LogP contribution in [0.1, 0.15) is 39.7 Å². The lowest BCUT2D eigenvalue weighted by Crippen LogP contribution is -2.49. The number of rotatable bonds is 9. The van der Waals surface area contributed by atoms with E-state index in [2.05, 4.69) is 0 Å². The van der Waals surface area contributed by atoms with E-state index in [0.717, 1.165) is 24.8 Å². The molecule has 0 aliphatic carbocycles. The quantitative estimate of drug-likeness (QED) is 0.394. The molecule has 3 heterocycles. The number of amides is 2. The first-order valence-corrected chi connectivity index (χ1v) is 13.7. The summed E-state index contributed by atoms with van der Waals surface area (Å²) in [7, 11) is 1.56. The van der Waals surface area contributed by atoms with Crippen molar-refractivity contribution >= 4 is 23.2 Å². The lowest BCUT2D eigenvalue weighted by molar-refractivity contribution is -0.135. The molecule has 1 fully saturated rings. The van der Waals surface area contributed by atoms with Crippen LogP contribution >= 0.6 is 11.3 Å². The van der Waals surface area contributed by atoms with Crippen molar-refractivity contribution in [3.05, 3.63) is 81.8 Å². The van der Waals surface area contributed by atoms with Gasteiger partial charge in [-0.2, -0.15) is 0 Å². The highest BCUT2D eigenvalue weighted by Crippen LogP contribution is 2.34. The van der Waals surface area contributed by atoms with Crippen LogP contribution in [0.25, 0.3) is 0 Å². The summed E-state index contributed by atoms with van der Waals surface area (Å²) in [6, 6.07) is 14.5. The standard InChI is InChI=1S/C29H31FN2O5S/c1-35-23-5-2-4-20(16-23)29(34)31(17-24-6-3-14-36-24)18-28(33)32-13-11-27-25(12-15-38-27)26(32)19-37-22-9-7-21(30)8-10-22/h2,4-5,7-10,12,15-16,24,26H,3,6,11,13-14,17-19H2,1H3/t24-,26+/m1/s1. The zero-order chi connectivity index (χ0) is 26.5. The molecule has 0 radical (unpaired) electrons. The van der Waals surface area contributed by atoms with Gasteiger partial charge in [0.2, 0.25) is 5.91 Å². The van der Waals surface area contributed by atoms with Gasteiger partial charge in [-0.25, -0.2) is 4.39 Å². The molecule has 2 aliphatic heterocycles. The number of ether oxygens (including phenoxy) is 3. The van der Waals surface area contributed by atoms with Crippen LogP contribution in [0.2, 0.25) is 0 Å². The predicted octanol–water partition coefficient (Wildman–Crippen LogP) is 4.72. The van der Waals surface area contributed by atoms with E-state index >= 15 is 0 Å². The summed E-state index contributed by atoms with van der Waals surface area (Å²) < 4.78 is 30.4. The van der Waals surface area contributed by atoms with Crippen LogP contribution in [-0.4, -0.2) is 67.7 Å². The zero-order valence-electron chi connectivity index (χ0n) is 21.3. The summed E-state index contributed by atoms with van der Waals surface area (Å²) in [5.74, 6) is 0.399. The fourth-order valence-corrected chi connectivity index (χ4v) is 5.95. The van der Waals surface area contributed by atoms with Crippen molar-refractivity contribution in [1.82, 2.24) is 9.80 Å². The molecule has 2 aliphatic rings. The Hall–Kier alpha value is -3.43. The van der Waals surface area contributed by atoms with Gasteiger partial charge in [-0.3, -0.25) is 9.59 Å². The van der Waals surface area contributed by atoms with E-state index in [1.54, 1.807) is 64.6 Å². The van der Waals surface area contributed by atoms with Gasteiger partial charge in [-0.1, -0.05) is 6.07 Å². The number of methoxy groups -OCH3 is 1. The smallest absolute Gasteiger partial charge is 0.254 e. The summed E-state index contributed by atoms with van der Waals surface area (Å²) in [6.45, 7) is 1.70. The van der Waals surface area contributed by atoms with Gasteiger partial charge in [0, 0.05) is 30.1 Å². The third-order valence-corrected chi connectivity index (χ3v) is 8.01. The van der Waals surface area contributed by atoms with Gasteiger partial charge in [0.05, 0.1) is 19.3 Å². The summed E-state index contributed by atoms with van der Waals surface area (Å²) >= 11 is 1.67. The van der Waals surface area contributed by atoms with Gasteiger partial charge in [0.25, 0.3) is 5.91 Å². The van der Waals surface area contributed by atoms with E-state index in [1.807, 2.05) is 11.4 Å². The molecule has 5 rings (SSSR count). The number of benzene rings is 2. The van der Waals surface area contributed by atoms with Crippen molar-refractivity contribution in [3.63, 3.8) is 0 Å². The largest absolute Gasteiger partial charge is 0.497 e. The van der Waals surface area contributed by atoms with Crippen molar-refractivity contribution in [2.75, 3.05) is 40.0 Å². The van der Waals surface area contributed by atoms with E-state index in [9.17, 15) is 14.0 Å². The van der Waals surface area contributed by atoms with Crippen LogP contribution < -0.4 is 9.47 Å². The first-order chi connectivity index (χ1) is 18.5. The SMILES string of the molecule is COc1cccc(C(=O)N(CC(=O)N2CCc3sccc3[C@@H]2COc2ccc(F)cc2)C[C@H]2CCCO2)c1. The van der Waals surface area contributed by atoms with Crippen LogP contribution in [0, 0.1) is 5.82 Å². The number of hydrogen-bond donors (Lipinski definition) is 0. The Morgan fingerprint density at radius 3 is 2.76 bits per heavy atom. The Labute approximate surface area is 225 Å². The fraction of sp³-hybridized carbons (Fsp3) is 0.379. The molecule has 2 atom stereocenters. The molecule has 1 aromatic heterocycles. The number of nitrogens with zero attached hydrogens (tertiary/aromatic N) is 2. The van der Waals surface area contributed by atoms with Crippen LogP contribution in [0.4, 0.5) is 4.39 Å². The molecule has 0 saturated carbocycles. The number of halogens is 1. The molecule has 0 N–H and O–H groups in total. The minimum Gasteiger partial charge on any atom is -0.497 e. The molecule has 3 aromatic rings. The van der Waals surface area contributed by atoms with Crippen molar-refractivity contribution in [1.29, 1.82) is 0 Å². The van der Waals surface area contributed by atoms with E-state index in [-0.39, 0.29) is 42.9 Å². The first kappa shape index (κ1) is 26.2. The molecular weight excluding hydrogens is 507 g/mol. The number of carbonyl (C=O) groups excluding carboxylic acids is 2. The minimum absolute atomic E-state index is 0.0670. The maximum Gasteiger partial charge on any atom is 0.254 e. The molecule has 7 nitrogen and oxygen atoms in total. The lowest BCUT2D eigenvalue weighted by atomic mass is 10.00. The predicted molar refractivity (Wildman–Crippen MR) is 142 cm³/mol. The van der Waals surface area contributed by atoms with Crippen molar-refractivity contribution < 1.29 is 28.2 Å². The molecule has 0 spiro atoms. The molecule has 2 aromatic carbocycles. The normalized spacial score (nSPS) is 18.6. The van der Waals surface area contributed by atoms with Gasteiger partial charge >= 0.3 is 0 Å². The van der Waals surface area contributed by atoms with E-state index in [0.29, 0.717) is 36.8 Å². The second-order valence-corrected chi connectivity index (χ2v) is 10.5. The lowest BCUT2D eigenvalue weighted by Gasteiger charge is -2.37. The second-order valence-electron chi connectivity index (χ2n) is 9.47. The third-order valence-electron chi connectivity index (χ3n) is 7.01. The molecular formula is C29H31FN2O5S. The van der Waals surface area contributed by atoms with Gasteiger partial charge in [0.1, 0.15) is 30.5 Å². The number of hydrogen-bond acceptors (Lipinski definition) is 6. The maximum absolute atomic E-state index is 13.8. The van der Waals surface area contributed by atoms with Crippen LogP contribution in [-0.2, 0) is 16.0 Å². The van der Waals surface area contributed by atoms with Crippen molar-refractivity contribution in [3.8, 4) is 11.5 Å². The molecule has 2 amide bonds. The number of fused-ring (bicyclic) bond motifs is 1. The molecule has 0 bridgehead atoms. The molecule has 200 valence electrons. The van der Waals surface area contributed by atoms with Crippen molar-refractivity contribution in [2.24, 2.45) is 0 Å². The van der Waals surface area contributed by atoms with E-state index in [4.69, 9.17) is 14.2 Å². The highest BCUT2D eigenvalue weighted by atomic mass is 32.1. The maximum atomic E-state index is 13.8. The summed E-state index contributed by atoms with van der Waals surface area (Å²) in [5.41, 5.74) is 1.52. The Kier molecular flexibility index (Phi) is 8.24. The van der Waals surface area contributed by atoms with E-state index < -0.39 is 0 Å². The van der Waals surface area contributed by atoms with Gasteiger partial charge < -0.3 is 24.0 Å². The zero-order valence-corrected chi connectivity index (χ0v) is 22.1. The summed E-state index contributed by atoms with van der Waals surface area (Å²) in [5, 5.41) is 2.03. The second kappa shape index (κ2) is 12.0. The molecule has 9 heteroatoms. The topological polar surface area (TPSA) is 68.3 Å². The monoisotopic (exact) mass is 538 g/mol. The van der Waals surface area contributed by atoms with E-state index in [1.165, 1.54) is 17.0 Å². The Balaban J connectivity index is 1.35. The average Bonchev–Trinajstić information content (AvgIpc) is 3.64. The van der Waals surface area contributed by atoms with Gasteiger partial charge in [-0.05, 0) is 78.7 Å². The Morgan fingerprint density at radius 2 is 2.00 bits per heavy atom. The van der Waals surface area contributed by atoms with Gasteiger partial charge in [-0.15, -0.1) is 11.3 Å². The average molecular weight is 539 g/mol. The van der Waals surface area contributed by atoms with Crippen LogP contribution in [0.3, 0.4) is 0 Å². The fourth-order valence-electron chi connectivity index (χ4n) is 5.03. The highest BCUT2D eigenvalue weighted by molar-refractivity contribution is 7.10. The third kappa shape index (κ3) is 6.00. The van der Waals surface area contributed by atoms with Gasteiger partial charge in [0.15, 0.2) is 0 Å². The summed E-state index contributed by atoms with van der Waals surface area (Å²) in [4.78, 5) is 32.0. The Bertz CT molecular complexity index is 1260. The first-order valence-electron chi connectivity index (χ1n) is 12.8. The molecule has 0 unspecified atom stereocenters. The highest BCUT2D eigenvalue weighted by Gasteiger charge is 2.34.